The third kappa shape index (κ3) is 3.34. The first-order valence-corrected chi connectivity index (χ1v) is 8.63. The van der Waals surface area contributed by atoms with E-state index < -0.39 is 0 Å². The van der Waals surface area contributed by atoms with E-state index in [1.807, 2.05) is 18.3 Å². The standard InChI is InChI=1S/C17H22N6O2/c1-24-16-10-15(19-12-20-16)23-8-9-25-11-13(23)17-18-5-4-14(21-17)22-6-2-3-7-22/h4-5,10,12-13H,2-3,6-9,11H2,1H3/t13-/m1/s1. The Morgan fingerprint density at radius 3 is 2.84 bits per heavy atom. The molecule has 2 aliphatic heterocycles. The van der Waals surface area contributed by atoms with Crippen LogP contribution in [0, 0.1) is 0 Å². The molecule has 0 bridgehead atoms. The van der Waals surface area contributed by atoms with Crippen molar-refractivity contribution in [2.75, 3.05) is 49.8 Å². The van der Waals surface area contributed by atoms with Gasteiger partial charge in [-0.15, -0.1) is 0 Å². The van der Waals surface area contributed by atoms with Crippen LogP contribution in [-0.4, -0.2) is 59.9 Å². The highest BCUT2D eigenvalue weighted by Gasteiger charge is 2.29. The van der Waals surface area contributed by atoms with E-state index >= 15 is 0 Å². The Hall–Kier alpha value is -2.48. The molecule has 0 aliphatic carbocycles. The van der Waals surface area contributed by atoms with Crippen LogP contribution in [0.25, 0.3) is 0 Å². The predicted octanol–water partition coefficient (Wildman–Crippen LogP) is 1.45. The summed E-state index contributed by atoms with van der Waals surface area (Å²) < 4.78 is 10.9. The molecule has 2 aromatic heterocycles. The number of morpholine rings is 1. The quantitative estimate of drug-likeness (QED) is 0.826. The Balaban J connectivity index is 1.63. The lowest BCUT2D eigenvalue weighted by Gasteiger charge is -2.35. The van der Waals surface area contributed by atoms with Gasteiger partial charge in [-0.2, -0.15) is 0 Å². The lowest BCUT2D eigenvalue weighted by molar-refractivity contribution is 0.0913. The number of hydrogen-bond donors (Lipinski definition) is 0. The Morgan fingerprint density at radius 1 is 1.12 bits per heavy atom. The van der Waals surface area contributed by atoms with Crippen LogP contribution in [-0.2, 0) is 4.74 Å². The molecule has 0 saturated carbocycles. The van der Waals surface area contributed by atoms with Crippen molar-refractivity contribution < 1.29 is 9.47 Å². The van der Waals surface area contributed by atoms with Gasteiger partial charge in [0.05, 0.1) is 20.3 Å². The first kappa shape index (κ1) is 16.0. The van der Waals surface area contributed by atoms with Crippen LogP contribution in [0.3, 0.4) is 0 Å². The number of aromatic nitrogens is 4. The minimum Gasteiger partial charge on any atom is -0.481 e. The molecule has 4 rings (SSSR count). The average Bonchev–Trinajstić information content (AvgIpc) is 3.23. The normalized spacial score (nSPS) is 20.8. The maximum Gasteiger partial charge on any atom is 0.218 e. The summed E-state index contributed by atoms with van der Waals surface area (Å²) in [5.74, 6) is 3.10. The Bertz CT molecular complexity index is 722. The highest BCUT2D eigenvalue weighted by atomic mass is 16.5. The Labute approximate surface area is 146 Å². The van der Waals surface area contributed by atoms with Crippen LogP contribution in [0.5, 0.6) is 5.88 Å². The lowest BCUT2D eigenvalue weighted by atomic mass is 10.2. The monoisotopic (exact) mass is 342 g/mol. The van der Waals surface area contributed by atoms with E-state index in [0.29, 0.717) is 19.1 Å². The molecule has 8 nitrogen and oxygen atoms in total. The molecule has 132 valence electrons. The summed E-state index contributed by atoms with van der Waals surface area (Å²) >= 11 is 0. The van der Waals surface area contributed by atoms with Gasteiger partial charge < -0.3 is 19.3 Å². The van der Waals surface area contributed by atoms with Gasteiger partial charge >= 0.3 is 0 Å². The van der Waals surface area contributed by atoms with E-state index in [9.17, 15) is 0 Å². The summed E-state index contributed by atoms with van der Waals surface area (Å²) in [4.78, 5) is 22.3. The van der Waals surface area contributed by atoms with Crippen molar-refractivity contribution in [3.63, 3.8) is 0 Å². The van der Waals surface area contributed by atoms with Gasteiger partial charge in [0.25, 0.3) is 0 Å². The minimum absolute atomic E-state index is 0.0732. The molecule has 25 heavy (non-hydrogen) atoms. The van der Waals surface area contributed by atoms with Crippen LogP contribution in [0.1, 0.15) is 24.7 Å². The molecule has 2 aliphatic rings. The fourth-order valence-electron chi connectivity index (χ4n) is 3.34. The molecule has 0 radical (unpaired) electrons. The number of hydrogen-bond acceptors (Lipinski definition) is 8. The maximum atomic E-state index is 5.70. The second kappa shape index (κ2) is 7.18. The van der Waals surface area contributed by atoms with Crippen LogP contribution in [0.2, 0.25) is 0 Å². The zero-order valence-electron chi connectivity index (χ0n) is 14.3. The fourth-order valence-corrected chi connectivity index (χ4v) is 3.34. The van der Waals surface area contributed by atoms with Crippen molar-refractivity contribution in [2.24, 2.45) is 0 Å². The maximum absolute atomic E-state index is 5.70. The molecular weight excluding hydrogens is 320 g/mol. The number of rotatable bonds is 4. The van der Waals surface area contributed by atoms with E-state index in [0.717, 1.165) is 37.1 Å². The fraction of sp³-hybridized carbons (Fsp3) is 0.529. The highest BCUT2D eigenvalue weighted by Crippen LogP contribution is 2.29. The number of anilines is 2. The molecule has 2 saturated heterocycles. The van der Waals surface area contributed by atoms with Gasteiger partial charge in [0.2, 0.25) is 5.88 Å². The van der Waals surface area contributed by atoms with Crippen molar-refractivity contribution >= 4 is 11.6 Å². The van der Waals surface area contributed by atoms with Gasteiger partial charge in [0.15, 0.2) is 5.82 Å². The van der Waals surface area contributed by atoms with Gasteiger partial charge in [0.1, 0.15) is 24.0 Å². The second-order valence-electron chi connectivity index (χ2n) is 6.17. The van der Waals surface area contributed by atoms with Crippen molar-refractivity contribution in [1.82, 2.24) is 19.9 Å². The van der Waals surface area contributed by atoms with Gasteiger partial charge in [-0.25, -0.2) is 19.9 Å². The van der Waals surface area contributed by atoms with Gasteiger partial charge in [-0.1, -0.05) is 0 Å². The number of nitrogens with zero attached hydrogens (tertiary/aromatic N) is 6. The number of methoxy groups -OCH3 is 1. The topological polar surface area (TPSA) is 76.5 Å². The SMILES string of the molecule is COc1cc(N2CCOC[C@@H]2c2nccc(N3CCCC3)n2)ncn1. The predicted molar refractivity (Wildman–Crippen MR) is 93.0 cm³/mol. The van der Waals surface area contributed by atoms with Crippen LogP contribution in [0.15, 0.2) is 24.7 Å². The summed E-state index contributed by atoms with van der Waals surface area (Å²) in [7, 11) is 1.60. The summed E-state index contributed by atoms with van der Waals surface area (Å²) in [5.41, 5.74) is 0. The zero-order valence-corrected chi connectivity index (χ0v) is 14.3. The van der Waals surface area contributed by atoms with Crippen LogP contribution < -0.4 is 14.5 Å². The van der Waals surface area contributed by atoms with Crippen LogP contribution in [0.4, 0.5) is 11.6 Å². The Morgan fingerprint density at radius 2 is 2.00 bits per heavy atom. The van der Waals surface area contributed by atoms with Crippen molar-refractivity contribution in [2.45, 2.75) is 18.9 Å². The number of ether oxygens (including phenoxy) is 2. The van der Waals surface area contributed by atoms with Crippen molar-refractivity contribution in [3.05, 3.63) is 30.5 Å². The zero-order chi connectivity index (χ0) is 17.1. The first-order chi connectivity index (χ1) is 12.3. The summed E-state index contributed by atoms with van der Waals surface area (Å²) in [5, 5.41) is 0. The molecule has 2 aromatic rings. The highest BCUT2D eigenvalue weighted by molar-refractivity contribution is 5.45. The molecule has 1 atom stereocenters. The first-order valence-electron chi connectivity index (χ1n) is 8.63. The molecule has 0 aromatic carbocycles. The van der Waals surface area contributed by atoms with Gasteiger partial charge in [-0.05, 0) is 18.9 Å². The molecule has 8 heteroatoms. The van der Waals surface area contributed by atoms with Gasteiger partial charge in [0, 0.05) is 31.9 Å². The Kier molecular flexibility index (Phi) is 4.60. The lowest BCUT2D eigenvalue weighted by Crippen LogP contribution is -2.41. The van der Waals surface area contributed by atoms with Crippen LogP contribution >= 0.6 is 0 Å². The molecule has 0 amide bonds. The largest absolute Gasteiger partial charge is 0.481 e. The minimum atomic E-state index is -0.0732. The second-order valence-corrected chi connectivity index (χ2v) is 6.17. The third-order valence-electron chi connectivity index (χ3n) is 4.65. The van der Waals surface area contributed by atoms with E-state index in [2.05, 4.69) is 24.8 Å². The smallest absolute Gasteiger partial charge is 0.218 e. The molecular formula is C17H22N6O2. The third-order valence-corrected chi connectivity index (χ3v) is 4.65. The summed E-state index contributed by atoms with van der Waals surface area (Å²) in [6.07, 6.45) is 5.79. The summed E-state index contributed by atoms with van der Waals surface area (Å²) in [6.45, 7) is 4.03. The molecule has 0 spiro atoms. The molecule has 0 N–H and O–H groups in total. The van der Waals surface area contributed by atoms with E-state index in [1.165, 1.54) is 19.2 Å². The molecule has 2 fully saturated rings. The summed E-state index contributed by atoms with van der Waals surface area (Å²) in [6, 6.07) is 3.75. The van der Waals surface area contributed by atoms with Crippen molar-refractivity contribution in [1.29, 1.82) is 0 Å². The van der Waals surface area contributed by atoms with Crippen molar-refractivity contribution in [3.8, 4) is 5.88 Å². The van der Waals surface area contributed by atoms with E-state index in [1.54, 1.807) is 7.11 Å². The van der Waals surface area contributed by atoms with E-state index in [4.69, 9.17) is 14.5 Å². The molecule has 4 heterocycles. The molecule has 0 unspecified atom stereocenters. The average molecular weight is 342 g/mol. The van der Waals surface area contributed by atoms with Gasteiger partial charge in [-0.3, -0.25) is 0 Å². The van der Waals surface area contributed by atoms with E-state index in [-0.39, 0.29) is 6.04 Å².